The number of hydrogen-bond donors (Lipinski definition) is 1. The summed E-state index contributed by atoms with van der Waals surface area (Å²) in [6.07, 6.45) is 3.85. The highest BCUT2D eigenvalue weighted by atomic mass is 35.5. The highest BCUT2D eigenvalue weighted by molar-refractivity contribution is 6.17. The van der Waals surface area contributed by atoms with Crippen molar-refractivity contribution in [2.45, 2.75) is 19.8 Å². The second-order valence-electron chi connectivity index (χ2n) is 3.24. The molecule has 1 N–H and O–H groups in total. The van der Waals surface area contributed by atoms with Gasteiger partial charge < -0.3 is 5.32 Å². The highest BCUT2D eigenvalue weighted by Crippen LogP contribution is 2.10. The first-order valence-corrected chi connectivity index (χ1v) is 5.47. The van der Waals surface area contributed by atoms with Crippen LogP contribution in [0.5, 0.6) is 0 Å². The van der Waals surface area contributed by atoms with Crippen LogP contribution in [0, 0.1) is 5.92 Å². The standard InChI is InChI=1S/C10H16ClN3/c1-2-9(5-6-11)8-12-10-4-3-7-13-14-10/h3-4,7,9H,2,5-6,8H2,1H3,(H,12,14). The van der Waals surface area contributed by atoms with Gasteiger partial charge in [0.15, 0.2) is 0 Å². The Hall–Kier alpha value is -0.830. The second-order valence-corrected chi connectivity index (χ2v) is 3.62. The molecule has 3 nitrogen and oxygen atoms in total. The molecule has 78 valence electrons. The first-order chi connectivity index (χ1) is 6.86. The van der Waals surface area contributed by atoms with Gasteiger partial charge in [0.2, 0.25) is 0 Å². The van der Waals surface area contributed by atoms with Gasteiger partial charge in [0, 0.05) is 18.6 Å². The van der Waals surface area contributed by atoms with Crippen molar-refractivity contribution in [1.82, 2.24) is 10.2 Å². The maximum atomic E-state index is 5.70. The molecule has 0 spiro atoms. The summed E-state index contributed by atoms with van der Waals surface area (Å²) in [5.74, 6) is 2.18. The minimum Gasteiger partial charge on any atom is -0.368 e. The fourth-order valence-electron chi connectivity index (χ4n) is 1.25. The van der Waals surface area contributed by atoms with E-state index in [1.54, 1.807) is 6.20 Å². The zero-order valence-electron chi connectivity index (χ0n) is 8.41. The largest absolute Gasteiger partial charge is 0.368 e. The first kappa shape index (κ1) is 11.2. The van der Waals surface area contributed by atoms with Gasteiger partial charge in [-0.15, -0.1) is 16.7 Å². The summed E-state index contributed by atoms with van der Waals surface area (Å²) in [4.78, 5) is 0. The number of anilines is 1. The molecule has 1 aromatic heterocycles. The molecule has 4 heteroatoms. The van der Waals surface area contributed by atoms with E-state index in [2.05, 4.69) is 22.4 Å². The van der Waals surface area contributed by atoms with Crippen molar-refractivity contribution >= 4 is 17.4 Å². The predicted molar refractivity (Wildman–Crippen MR) is 59.6 cm³/mol. The molecular weight excluding hydrogens is 198 g/mol. The maximum Gasteiger partial charge on any atom is 0.148 e. The lowest BCUT2D eigenvalue weighted by Crippen LogP contribution is -2.14. The Labute approximate surface area is 89.9 Å². The zero-order valence-corrected chi connectivity index (χ0v) is 9.17. The van der Waals surface area contributed by atoms with Crippen molar-refractivity contribution in [3.63, 3.8) is 0 Å². The van der Waals surface area contributed by atoms with Gasteiger partial charge in [0.25, 0.3) is 0 Å². The summed E-state index contributed by atoms with van der Waals surface area (Å²) in [7, 11) is 0. The van der Waals surface area contributed by atoms with E-state index in [4.69, 9.17) is 11.6 Å². The van der Waals surface area contributed by atoms with Gasteiger partial charge in [-0.1, -0.05) is 13.3 Å². The van der Waals surface area contributed by atoms with E-state index in [1.165, 1.54) is 0 Å². The minimum atomic E-state index is 0.620. The lowest BCUT2D eigenvalue weighted by atomic mass is 10.0. The molecule has 14 heavy (non-hydrogen) atoms. The smallest absolute Gasteiger partial charge is 0.148 e. The molecule has 0 aliphatic heterocycles. The Morgan fingerprint density at radius 1 is 1.57 bits per heavy atom. The molecule has 1 aromatic rings. The number of hydrogen-bond acceptors (Lipinski definition) is 3. The van der Waals surface area contributed by atoms with Gasteiger partial charge in [0.05, 0.1) is 0 Å². The van der Waals surface area contributed by atoms with E-state index < -0.39 is 0 Å². The van der Waals surface area contributed by atoms with Crippen LogP contribution in [0.3, 0.4) is 0 Å². The molecule has 0 aromatic carbocycles. The van der Waals surface area contributed by atoms with Crippen LogP contribution in [-0.4, -0.2) is 22.6 Å². The number of aromatic nitrogens is 2. The highest BCUT2D eigenvalue weighted by Gasteiger charge is 2.05. The predicted octanol–water partition coefficient (Wildman–Crippen LogP) is 2.54. The Morgan fingerprint density at radius 3 is 3.00 bits per heavy atom. The van der Waals surface area contributed by atoms with Crippen LogP contribution < -0.4 is 5.32 Å². The van der Waals surface area contributed by atoms with Crippen LogP contribution in [0.1, 0.15) is 19.8 Å². The van der Waals surface area contributed by atoms with Crippen molar-refractivity contribution in [1.29, 1.82) is 0 Å². The van der Waals surface area contributed by atoms with Crippen LogP contribution in [-0.2, 0) is 0 Å². The first-order valence-electron chi connectivity index (χ1n) is 4.94. The Balaban J connectivity index is 2.32. The van der Waals surface area contributed by atoms with Gasteiger partial charge in [-0.05, 0) is 24.5 Å². The summed E-state index contributed by atoms with van der Waals surface area (Å²) in [6, 6.07) is 3.79. The number of halogens is 1. The number of alkyl halides is 1. The Kier molecular flexibility index (Phi) is 5.30. The van der Waals surface area contributed by atoms with Gasteiger partial charge in [0.1, 0.15) is 5.82 Å². The third-order valence-corrected chi connectivity index (χ3v) is 2.46. The molecule has 0 fully saturated rings. The molecule has 1 heterocycles. The van der Waals surface area contributed by atoms with Gasteiger partial charge in [-0.25, -0.2) is 0 Å². The van der Waals surface area contributed by atoms with E-state index >= 15 is 0 Å². The van der Waals surface area contributed by atoms with Crippen LogP contribution in [0.4, 0.5) is 5.82 Å². The summed E-state index contributed by atoms with van der Waals surface area (Å²) in [5.41, 5.74) is 0. The zero-order chi connectivity index (χ0) is 10.2. The van der Waals surface area contributed by atoms with Crippen LogP contribution in [0.25, 0.3) is 0 Å². The number of nitrogens with one attached hydrogen (secondary N) is 1. The molecule has 0 saturated heterocycles. The van der Waals surface area contributed by atoms with Crippen LogP contribution >= 0.6 is 11.6 Å². The average Bonchev–Trinajstić information content (AvgIpc) is 2.25. The van der Waals surface area contributed by atoms with Crippen molar-refractivity contribution < 1.29 is 0 Å². The SMILES string of the molecule is CCC(CCCl)CNc1cccnn1. The molecule has 0 aliphatic carbocycles. The lowest BCUT2D eigenvalue weighted by molar-refractivity contribution is 0.521. The molecular formula is C10H16ClN3. The van der Waals surface area contributed by atoms with Crippen LogP contribution in [0.15, 0.2) is 18.3 Å². The van der Waals surface area contributed by atoms with Crippen molar-refractivity contribution in [3.8, 4) is 0 Å². The maximum absolute atomic E-state index is 5.70. The fourth-order valence-corrected chi connectivity index (χ4v) is 1.56. The lowest BCUT2D eigenvalue weighted by Gasteiger charge is -2.13. The third-order valence-electron chi connectivity index (χ3n) is 2.24. The average molecular weight is 214 g/mol. The molecule has 0 bridgehead atoms. The van der Waals surface area contributed by atoms with Gasteiger partial charge in [-0.2, -0.15) is 5.10 Å². The number of rotatable bonds is 6. The quantitative estimate of drug-likeness (QED) is 0.739. The normalized spacial score (nSPS) is 12.4. The van der Waals surface area contributed by atoms with E-state index in [9.17, 15) is 0 Å². The van der Waals surface area contributed by atoms with E-state index in [1.807, 2.05) is 12.1 Å². The van der Waals surface area contributed by atoms with E-state index in [-0.39, 0.29) is 0 Å². The fraction of sp³-hybridized carbons (Fsp3) is 0.600. The van der Waals surface area contributed by atoms with Crippen molar-refractivity contribution in [2.75, 3.05) is 17.7 Å². The molecule has 0 aliphatic rings. The minimum absolute atomic E-state index is 0.620. The summed E-state index contributed by atoms with van der Waals surface area (Å²) < 4.78 is 0. The molecule has 1 unspecified atom stereocenters. The van der Waals surface area contributed by atoms with Gasteiger partial charge in [-0.3, -0.25) is 0 Å². The summed E-state index contributed by atoms with van der Waals surface area (Å²) >= 11 is 5.70. The Bertz CT molecular complexity index is 240. The number of nitrogens with zero attached hydrogens (tertiary/aromatic N) is 2. The van der Waals surface area contributed by atoms with E-state index in [0.717, 1.165) is 31.1 Å². The molecule has 1 rings (SSSR count). The van der Waals surface area contributed by atoms with Crippen molar-refractivity contribution in [3.05, 3.63) is 18.3 Å². The summed E-state index contributed by atoms with van der Waals surface area (Å²) in [6.45, 7) is 3.09. The third kappa shape index (κ3) is 3.92. The van der Waals surface area contributed by atoms with E-state index in [0.29, 0.717) is 5.92 Å². The van der Waals surface area contributed by atoms with Crippen molar-refractivity contribution in [2.24, 2.45) is 5.92 Å². The topological polar surface area (TPSA) is 37.8 Å². The van der Waals surface area contributed by atoms with Gasteiger partial charge >= 0.3 is 0 Å². The molecule has 0 radical (unpaired) electrons. The summed E-state index contributed by atoms with van der Waals surface area (Å²) in [5, 5.41) is 11.0. The molecule has 0 saturated carbocycles. The second kappa shape index (κ2) is 6.60. The molecule has 1 atom stereocenters. The van der Waals surface area contributed by atoms with Crippen LogP contribution in [0.2, 0.25) is 0 Å². The molecule has 0 amide bonds. The monoisotopic (exact) mass is 213 g/mol. The Morgan fingerprint density at radius 2 is 2.43 bits per heavy atom.